The molecule has 1 aliphatic heterocycles. The molecular formula is C10H11F2NO2. The molecule has 1 aromatic rings. The van der Waals surface area contributed by atoms with E-state index in [9.17, 15) is 8.78 Å². The zero-order valence-corrected chi connectivity index (χ0v) is 8.17. The van der Waals surface area contributed by atoms with Crippen LogP contribution < -0.4 is 5.32 Å². The van der Waals surface area contributed by atoms with E-state index in [1.807, 2.05) is 0 Å². The van der Waals surface area contributed by atoms with E-state index in [1.54, 1.807) is 0 Å². The number of halogens is 2. The van der Waals surface area contributed by atoms with E-state index in [4.69, 9.17) is 9.47 Å². The lowest BCUT2D eigenvalue weighted by molar-refractivity contribution is 0.0645. The van der Waals surface area contributed by atoms with Crippen LogP contribution in [0.1, 0.15) is 11.8 Å². The van der Waals surface area contributed by atoms with Gasteiger partial charge in [-0.25, -0.2) is 8.78 Å². The highest BCUT2D eigenvalue weighted by molar-refractivity contribution is 5.22. The first-order valence-electron chi connectivity index (χ1n) is 4.56. The molecule has 2 rings (SSSR count). The summed E-state index contributed by atoms with van der Waals surface area (Å²) in [4.78, 5) is 0. The lowest BCUT2D eigenvalue weighted by Crippen LogP contribution is -2.28. The van der Waals surface area contributed by atoms with Crippen molar-refractivity contribution in [3.8, 4) is 0 Å². The van der Waals surface area contributed by atoms with Crippen LogP contribution in [-0.2, 0) is 9.47 Å². The Labute approximate surface area is 86.0 Å². The maximum atomic E-state index is 13.3. The maximum Gasteiger partial charge on any atom is 0.142 e. The number of nitrogens with one attached hydrogen (secondary N) is 1. The Hall–Kier alpha value is -1.04. The van der Waals surface area contributed by atoms with Crippen molar-refractivity contribution in [2.45, 2.75) is 12.5 Å². The van der Waals surface area contributed by atoms with Gasteiger partial charge in [0.25, 0.3) is 0 Å². The van der Waals surface area contributed by atoms with Crippen molar-refractivity contribution in [3.05, 3.63) is 35.4 Å². The van der Waals surface area contributed by atoms with Crippen molar-refractivity contribution in [2.24, 2.45) is 0 Å². The minimum absolute atomic E-state index is 0.1000. The standard InChI is InChI=1S/C10H11F2NO2/c1-14-8-5-15-10(13-8)9-6(11)3-2-4-7(9)12/h2-4,8,10,13H,5H2,1H3. The topological polar surface area (TPSA) is 30.5 Å². The lowest BCUT2D eigenvalue weighted by Gasteiger charge is -2.13. The Morgan fingerprint density at radius 3 is 2.60 bits per heavy atom. The van der Waals surface area contributed by atoms with Gasteiger partial charge in [0.1, 0.15) is 24.1 Å². The van der Waals surface area contributed by atoms with Crippen LogP contribution in [-0.4, -0.2) is 19.9 Å². The van der Waals surface area contributed by atoms with Crippen LogP contribution in [0.3, 0.4) is 0 Å². The Morgan fingerprint density at radius 2 is 2.07 bits per heavy atom. The summed E-state index contributed by atoms with van der Waals surface area (Å²) < 4.78 is 36.8. The number of methoxy groups -OCH3 is 1. The van der Waals surface area contributed by atoms with Gasteiger partial charge in [-0.1, -0.05) is 6.07 Å². The molecule has 5 heteroatoms. The first kappa shape index (κ1) is 10.5. The van der Waals surface area contributed by atoms with Crippen LogP contribution in [0.2, 0.25) is 0 Å². The fourth-order valence-corrected chi connectivity index (χ4v) is 1.51. The average Bonchev–Trinajstić information content (AvgIpc) is 2.66. The van der Waals surface area contributed by atoms with Gasteiger partial charge < -0.3 is 9.47 Å². The van der Waals surface area contributed by atoms with Gasteiger partial charge in [-0.05, 0) is 12.1 Å². The largest absolute Gasteiger partial charge is 0.364 e. The molecule has 2 unspecified atom stereocenters. The van der Waals surface area contributed by atoms with Gasteiger partial charge in [-0.15, -0.1) is 0 Å². The molecule has 0 aliphatic carbocycles. The third-order valence-electron chi connectivity index (χ3n) is 2.30. The number of ether oxygens (including phenoxy) is 2. The molecular weight excluding hydrogens is 204 g/mol. The molecule has 0 saturated carbocycles. The van der Waals surface area contributed by atoms with Gasteiger partial charge >= 0.3 is 0 Å². The normalized spacial score (nSPS) is 25.8. The third-order valence-corrected chi connectivity index (χ3v) is 2.30. The molecule has 1 aromatic carbocycles. The SMILES string of the molecule is COC1COC(c2c(F)cccc2F)N1. The van der Waals surface area contributed by atoms with Crippen molar-refractivity contribution in [1.29, 1.82) is 0 Å². The summed E-state index contributed by atoms with van der Waals surface area (Å²) >= 11 is 0. The highest BCUT2D eigenvalue weighted by Gasteiger charge is 2.29. The van der Waals surface area contributed by atoms with Crippen LogP contribution >= 0.6 is 0 Å². The van der Waals surface area contributed by atoms with E-state index in [2.05, 4.69) is 5.32 Å². The zero-order valence-electron chi connectivity index (χ0n) is 8.17. The molecule has 2 atom stereocenters. The Balaban J connectivity index is 2.23. The van der Waals surface area contributed by atoms with Crippen LogP contribution in [0.5, 0.6) is 0 Å². The van der Waals surface area contributed by atoms with Crippen LogP contribution in [0.25, 0.3) is 0 Å². The van der Waals surface area contributed by atoms with E-state index in [-0.39, 0.29) is 18.4 Å². The summed E-state index contributed by atoms with van der Waals surface area (Å²) in [6, 6.07) is 3.71. The second kappa shape index (κ2) is 4.22. The van der Waals surface area contributed by atoms with Crippen molar-refractivity contribution < 1.29 is 18.3 Å². The molecule has 0 bridgehead atoms. The highest BCUT2D eigenvalue weighted by Crippen LogP contribution is 2.25. The molecule has 15 heavy (non-hydrogen) atoms. The van der Waals surface area contributed by atoms with Gasteiger partial charge in [0, 0.05) is 7.11 Å². The van der Waals surface area contributed by atoms with Gasteiger partial charge in [0.2, 0.25) is 0 Å². The Kier molecular flexibility index (Phi) is 2.95. The maximum absolute atomic E-state index is 13.3. The quantitative estimate of drug-likeness (QED) is 0.812. The molecule has 0 amide bonds. The van der Waals surface area contributed by atoms with E-state index >= 15 is 0 Å². The van der Waals surface area contributed by atoms with Crippen molar-refractivity contribution in [3.63, 3.8) is 0 Å². The van der Waals surface area contributed by atoms with E-state index in [1.165, 1.54) is 25.3 Å². The molecule has 0 aromatic heterocycles. The molecule has 1 saturated heterocycles. The lowest BCUT2D eigenvalue weighted by atomic mass is 10.1. The van der Waals surface area contributed by atoms with Crippen LogP contribution in [0.4, 0.5) is 8.78 Å². The second-order valence-corrected chi connectivity index (χ2v) is 3.24. The Bertz CT molecular complexity index is 339. The van der Waals surface area contributed by atoms with Crippen molar-refractivity contribution >= 4 is 0 Å². The average molecular weight is 215 g/mol. The first-order valence-corrected chi connectivity index (χ1v) is 4.56. The minimum Gasteiger partial charge on any atom is -0.364 e. The smallest absolute Gasteiger partial charge is 0.142 e. The zero-order chi connectivity index (χ0) is 10.8. The molecule has 1 aliphatic rings. The van der Waals surface area contributed by atoms with Crippen LogP contribution in [0.15, 0.2) is 18.2 Å². The van der Waals surface area contributed by atoms with Gasteiger partial charge in [0.05, 0.1) is 12.2 Å². The van der Waals surface area contributed by atoms with Gasteiger partial charge in [-0.3, -0.25) is 5.32 Å². The van der Waals surface area contributed by atoms with E-state index in [0.29, 0.717) is 0 Å². The number of rotatable bonds is 2. The second-order valence-electron chi connectivity index (χ2n) is 3.24. The monoisotopic (exact) mass is 215 g/mol. The molecule has 0 spiro atoms. The molecule has 1 heterocycles. The summed E-state index contributed by atoms with van der Waals surface area (Å²) in [6.45, 7) is 0.273. The first-order chi connectivity index (χ1) is 7.22. The molecule has 1 fully saturated rings. The van der Waals surface area contributed by atoms with E-state index < -0.39 is 17.9 Å². The van der Waals surface area contributed by atoms with Gasteiger partial charge in [-0.2, -0.15) is 0 Å². The minimum atomic E-state index is -0.781. The van der Waals surface area contributed by atoms with Crippen LogP contribution in [0, 0.1) is 11.6 Å². The highest BCUT2D eigenvalue weighted by atomic mass is 19.1. The predicted molar refractivity (Wildman–Crippen MR) is 49.0 cm³/mol. The fraction of sp³-hybridized carbons (Fsp3) is 0.400. The molecule has 0 radical (unpaired) electrons. The molecule has 1 N–H and O–H groups in total. The molecule has 82 valence electrons. The van der Waals surface area contributed by atoms with Crippen molar-refractivity contribution in [1.82, 2.24) is 5.32 Å². The summed E-state index contributed by atoms with van der Waals surface area (Å²) in [5.74, 6) is -1.24. The number of hydrogen-bond acceptors (Lipinski definition) is 3. The number of benzene rings is 1. The number of hydrogen-bond donors (Lipinski definition) is 1. The summed E-state index contributed by atoms with van der Waals surface area (Å²) in [5, 5.41) is 2.81. The molecule has 3 nitrogen and oxygen atoms in total. The fourth-order valence-electron chi connectivity index (χ4n) is 1.51. The summed E-state index contributed by atoms with van der Waals surface area (Å²) in [7, 11) is 1.50. The van der Waals surface area contributed by atoms with Gasteiger partial charge in [0.15, 0.2) is 0 Å². The summed E-state index contributed by atoms with van der Waals surface area (Å²) in [5.41, 5.74) is -0.1000. The Morgan fingerprint density at radius 1 is 1.40 bits per heavy atom. The third kappa shape index (κ3) is 1.99. The predicted octanol–water partition coefficient (Wildman–Crippen LogP) is 1.56. The summed E-state index contributed by atoms with van der Waals surface area (Å²) in [6.07, 6.45) is -1.11. The van der Waals surface area contributed by atoms with E-state index in [0.717, 1.165) is 0 Å². The van der Waals surface area contributed by atoms with Crippen molar-refractivity contribution in [2.75, 3.05) is 13.7 Å².